The van der Waals surface area contributed by atoms with Crippen molar-refractivity contribution in [3.8, 4) is 5.75 Å². The summed E-state index contributed by atoms with van der Waals surface area (Å²) in [7, 11) is 3.38. The van der Waals surface area contributed by atoms with Crippen LogP contribution in [0.2, 0.25) is 0 Å². The second-order valence-corrected chi connectivity index (χ2v) is 5.34. The van der Waals surface area contributed by atoms with Gasteiger partial charge in [-0.05, 0) is 24.1 Å². The van der Waals surface area contributed by atoms with Crippen molar-refractivity contribution >= 4 is 21.8 Å². The minimum absolute atomic E-state index is 0.0111. The summed E-state index contributed by atoms with van der Waals surface area (Å²) in [6, 6.07) is 5.43. The number of amides is 1. The third kappa shape index (κ3) is 3.73. The van der Waals surface area contributed by atoms with Gasteiger partial charge in [-0.25, -0.2) is 0 Å². The van der Waals surface area contributed by atoms with Gasteiger partial charge >= 0.3 is 0 Å². The van der Waals surface area contributed by atoms with Crippen molar-refractivity contribution in [3.05, 3.63) is 28.2 Å². The van der Waals surface area contributed by atoms with Gasteiger partial charge in [0.15, 0.2) is 0 Å². The van der Waals surface area contributed by atoms with Gasteiger partial charge in [0.05, 0.1) is 12.7 Å². The summed E-state index contributed by atoms with van der Waals surface area (Å²) in [4.78, 5) is 13.9. The second-order valence-electron chi connectivity index (χ2n) is 4.42. The van der Waals surface area contributed by atoms with Gasteiger partial charge in [-0.1, -0.05) is 29.8 Å². The third-order valence-corrected chi connectivity index (χ3v) is 2.87. The van der Waals surface area contributed by atoms with E-state index in [4.69, 9.17) is 4.74 Å². The maximum absolute atomic E-state index is 12.2. The van der Waals surface area contributed by atoms with Crippen molar-refractivity contribution < 1.29 is 9.53 Å². The molecule has 0 aliphatic heterocycles. The number of nitrogens with zero attached hydrogens (tertiary/aromatic N) is 1. The van der Waals surface area contributed by atoms with E-state index in [9.17, 15) is 4.79 Å². The van der Waals surface area contributed by atoms with Crippen LogP contribution in [0.5, 0.6) is 5.75 Å². The Morgan fingerprint density at radius 3 is 2.65 bits per heavy atom. The summed E-state index contributed by atoms with van der Waals surface area (Å²) in [5.41, 5.74) is 0.596. The van der Waals surface area contributed by atoms with Gasteiger partial charge in [0, 0.05) is 18.1 Å². The second kappa shape index (κ2) is 6.05. The number of benzene rings is 1. The number of carbonyl (C=O) groups excluding carboxylic acids is 1. The van der Waals surface area contributed by atoms with Crippen LogP contribution in [0.1, 0.15) is 24.2 Å². The Kier molecular flexibility index (Phi) is 5.00. The van der Waals surface area contributed by atoms with Crippen molar-refractivity contribution in [2.24, 2.45) is 5.92 Å². The molecule has 1 aromatic carbocycles. The van der Waals surface area contributed by atoms with Crippen LogP contribution < -0.4 is 4.74 Å². The summed E-state index contributed by atoms with van der Waals surface area (Å²) in [6.45, 7) is 4.91. The van der Waals surface area contributed by atoms with Crippen molar-refractivity contribution in [1.29, 1.82) is 0 Å². The molecule has 0 unspecified atom stereocenters. The fraction of sp³-hybridized carbons (Fsp3) is 0.462. The Labute approximate surface area is 111 Å². The molecule has 0 saturated heterocycles. The van der Waals surface area contributed by atoms with E-state index in [0.29, 0.717) is 17.2 Å². The number of ether oxygens (including phenoxy) is 1. The lowest BCUT2D eigenvalue weighted by Gasteiger charge is -2.20. The monoisotopic (exact) mass is 299 g/mol. The zero-order valence-electron chi connectivity index (χ0n) is 10.7. The van der Waals surface area contributed by atoms with Gasteiger partial charge in [-0.3, -0.25) is 4.79 Å². The molecule has 1 aromatic rings. The molecule has 1 amide bonds. The highest BCUT2D eigenvalue weighted by molar-refractivity contribution is 9.10. The van der Waals surface area contributed by atoms with E-state index in [-0.39, 0.29) is 5.91 Å². The number of carbonyl (C=O) groups is 1. The Hall–Kier alpha value is -1.03. The molecule has 0 fully saturated rings. The maximum Gasteiger partial charge on any atom is 0.257 e. The van der Waals surface area contributed by atoms with Gasteiger partial charge in [0.25, 0.3) is 5.91 Å². The molecular formula is C13H18BrNO2. The molecule has 0 atom stereocenters. The van der Waals surface area contributed by atoms with Crippen molar-refractivity contribution in [2.75, 3.05) is 20.7 Å². The lowest BCUT2D eigenvalue weighted by atomic mass is 10.1. The quantitative estimate of drug-likeness (QED) is 0.854. The highest BCUT2D eigenvalue weighted by Gasteiger charge is 2.17. The number of methoxy groups -OCH3 is 1. The lowest BCUT2D eigenvalue weighted by Crippen LogP contribution is -2.30. The molecular weight excluding hydrogens is 282 g/mol. The van der Waals surface area contributed by atoms with Gasteiger partial charge in [0.2, 0.25) is 0 Å². The Morgan fingerprint density at radius 2 is 2.12 bits per heavy atom. The fourth-order valence-electron chi connectivity index (χ4n) is 1.68. The van der Waals surface area contributed by atoms with Gasteiger partial charge in [0.1, 0.15) is 5.75 Å². The molecule has 0 bridgehead atoms. The molecule has 0 spiro atoms. The molecule has 0 heterocycles. The van der Waals surface area contributed by atoms with Crippen LogP contribution in [-0.2, 0) is 0 Å². The smallest absolute Gasteiger partial charge is 0.257 e. The van der Waals surface area contributed by atoms with Crippen molar-refractivity contribution in [1.82, 2.24) is 4.90 Å². The fourth-order valence-corrected chi connectivity index (χ4v) is 2.02. The van der Waals surface area contributed by atoms with E-state index in [0.717, 1.165) is 11.0 Å². The van der Waals surface area contributed by atoms with E-state index in [1.54, 1.807) is 24.1 Å². The summed E-state index contributed by atoms with van der Waals surface area (Å²) >= 11 is 3.36. The van der Waals surface area contributed by atoms with Crippen LogP contribution in [0.3, 0.4) is 0 Å². The third-order valence-electron chi connectivity index (χ3n) is 2.38. The minimum Gasteiger partial charge on any atom is -0.496 e. The van der Waals surface area contributed by atoms with Crippen LogP contribution in [-0.4, -0.2) is 31.5 Å². The first-order valence-corrected chi connectivity index (χ1v) is 6.34. The summed E-state index contributed by atoms with van der Waals surface area (Å²) in [6.07, 6.45) is 0. The summed E-state index contributed by atoms with van der Waals surface area (Å²) < 4.78 is 6.13. The molecule has 1 rings (SSSR count). The summed E-state index contributed by atoms with van der Waals surface area (Å²) in [5, 5.41) is 0. The van der Waals surface area contributed by atoms with E-state index < -0.39 is 0 Å². The Bertz CT molecular complexity index is 404. The average Bonchev–Trinajstić information content (AvgIpc) is 2.27. The number of hydrogen-bond donors (Lipinski definition) is 0. The van der Waals surface area contributed by atoms with E-state index in [1.165, 1.54) is 0 Å². The molecule has 0 N–H and O–H groups in total. The van der Waals surface area contributed by atoms with Crippen LogP contribution in [0, 0.1) is 5.92 Å². The zero-order chi connectivity index (χ0) is 13.0. The van der Waals surface area contributed by atoms with Crippen LogP contribution in [0.15, 0.2) is 22.7 Å². The van der Waals surface area contributed by atoms with E-state index >= 15 is 0 Å². The highest BCUT2D eigenvalue weighted by Crippen LogP contribution is 2.24. The topological polar surface area (TPSA) is 29.5 Å². The maximum atomic E-state index is 12.2. The Morgan fingerprint density at radius 1 is 1.47 bits per heavy atom. The van der Waals surface area contributed by atoms with Crippen LogP contribution in [0.4, 0.5) is 0 Å². The van der Waals surface area contributed by atoms with Crippen LogP contribution >= 0.6 is 15.9 Å². The number of rotatable bonds is 4. The predicted molar refractivity (Wildman–Crippen MR) is 72.5 cm³/mol. The van der Waals surface area contributed by atoms with Gasteiger partial charge < -0.3 is 9.64 Å². The molecule has 4 heteroatoms. The van der Waals surface area contributed by atoms with E-state index in [1.807, 2.05) is 13.1 Å². The number of hydrogen-bond acceptors (Lipinski definition) is 2. The molecule has 17 heavy (non-hydrogen) atoms. The molecule has 0 radical (unpaired) electrons. The van der Waals surface area contributed by atoms with Crippen molar-refractivity contribution in [3.63, 3.8) is 0 Å². The molecule has 94 valence electrons. The molecule has 0 aliphatic carbocycles. The SMILES string of the molecule is COc1cc(Br)ccc1C(=O)N(C)CC(C)C. The highest BCUT2D eigenvalue weighted by atomic mass is 79.9. The largest absolute Gasteiger partial charge is 0.496 e. The van der Waals surface area contributed by atoms with Crippen molar-refractivity contribution in [2.45, 2.75) is 13.8 Å². The summed E-state index contributed by atoms with van der Waals surface area (Å²) in [5.74, 6) is 1.04. The zero-order valence-corrected chi connectivity index (χ0v) is 12.2. The van der Waals surface area contributed by atoms with Gasteiger partial charge in [-0.15, -0.1) is 0 Å². The first kappa shape index (κ1) is 14.0. The minimum atomic E-state index is -0.0111. The molecule has 0 aliphatic rings. The first-order valence-electron chi connectivity index (χ1n) is 5.54. The lowest BCUT2D eigenvalue weighted by molar-refractivity contribution is 0.0776. The first-order chi connectivity index (χ1) is 7.95. The standard InChI is InChI=1S/C13H18BrNO2/c1-9(2)8-15(3)13(16)11-6-5-10(14)7-12(11)17-4/h5-7,9H,8H2,1-4H3. The molecule has 3 nitrogen and oxygen atoms in total. The Balaban J connectivity index is 2.95. The number of halogens is 1. The normalized spacial score (nSPS) is 10.5. The average molecular weight is 300 g/mol. The van der Waals surface area contributed by atoms with Gasteiger partial charge in [-0.2, -0.15) is 0 Å². The molecule has 0 aromatic heterocycles. The van der Waals surface area contributed by atoms with Crippen LogP contribution in [0.25, 0.3) is 0 Å². The molecule has 0 saturated carbocycles. The predicted octanol–water partition coefficient (Wildman–Crippen LogP) is 3.19. The van der Waals surface area contributed by atoms with E-state index in [2.05, 4.69) is 29.8 Å².